The van der Waals surface area contributed by atoms with E-state index < -0.39 is 5.91 Å². The number of amides is 2. The lowest BCUT2D eigenvalue weighted by atomic mass is 10.1. The van der Waals surface area contributed by atoms with Crippen LogP contribution in [-0.2, 0) is 16.0 Å². The Morgan fingerprint density at radius 2 is 1.54 bits per heavy atom. The van der Waals surface area contributed by atoms with Gasteiger partial charge in [-0.25, -0.2) is 0 Å². The largest absolute Gasteiger partial charge is 0.483 e. The minimum absolute atomic E-state index is 0.158. The molecular weight excluding hydrogens is 304 g/mol. The van der Waals surface area contributed by atoms with E-state index in [0.29, 0.717) is 5.75 Å². The molecule has 0 aliphatic carbocycles. The molecule has 126 valence electrons. The number of nitrogens with one attached hydrogen (secondary N) is 2. The van der Waals surface area contributed by atoms with Gasteiger partial charge in [-0.05, 0) is 49.1 Å². The molecule has 5 heteroatoms. The van der Waals surface area contributed by atoms with Crippen molar-refractivity contribution < 1.29 is 14.3 Å². The first-order valence-corrected chi connectivity index (χ1v) is 7.78. The minimum atomic E-state index is -0.408. The summed E-state index contributed by atoms with van der Waals surface area (Å²) in [5.74, 6) is -0.0187. The maximum Gasteiger partial charge on any atom is 0.276 e. The van der Waals surface area contributed by atoms with Crippen LogP contribution in [0.5, 0.6) is 5.75 Å². The number of aryl methyl sites for hydroxylation is 2. The third kappa shape index (κ3) is 4.84. The zero-order chi connectivity index (χ0) is 17.5. The molecule has 2 aromatic rings. The smallest absolute Gasteiger partial charge is 0.276 e. The molecule has 0 spiro atoms. The molecular formula is C19H22N2O3. The van der Waals surface area contributed by atoms with Crippen molar-refractivity contribution in [2.24, 2.45) is 0 Å². The van der Waals surface area contributed by atoms with E-state index >= 15 is 0 Å². The molecule has 0 aliphatic rings. The summed E-state index contributed by atoms with van der Waals surface area (Å²) in [6.07, 6.45) is 0.213. The molecule has 2 rings (SSSR count). The quantitative estimate of drug-likeness (QED) is 0.829. The Labute approximate surface area is 142 Å². The lowest BCUT2D eigenvalue weighted by Gasteiger charge is -2.12. The highest BCUT2D eigenvalue weighted by Crippen LogP contribution is 2.20. The zero-order valence-electron chi connectivity index (χ0n) is 14.2. The summed E-state index contributed by atoms with van der Waals surface area (Å²) < 4.78 is 5.49. The number of carbonyl (C=O) groups is 2. The predicted molar refractivity (Wildman–Crippen MR) is 92.6 cm³/mol. The molecule has 0 aliphatic heterocycles. The van der Waals surface area contributed by atoms with E-state index in [4.69, 9.17) is 4.74 Å². The zero-order valence-corrected chi connectivity index (χ0v) is 14.2. The molecule has 2 N–H and O–H groups in total. The molecule has 0 saturated heterocycles. The molecule has 0 fully saturated rings. The first-order chi connectivity index (χ1) is 11.5. The molecule has 0 bridgehead atoms. The van der Waals surface area contributed by atoms with Crippen LogP contribution in [-0.4, -0.2) is 18.4 Å². The molecule has 0 heterocycles. The summed E-state index contributed by atoms with van der Waals surface area (Å²) >= 11 is 0. The molecule has 0 aromatic heterocycles. The summed E-state index contributed by atoms with van der Waals surface area (Å²) in [6.45, 7) is 5.70. The van der Waals surface area contributed by atoms with Gasteiger partial charge in [-0.2, -0.15) is 0 Å². The van der Waals surface area contributed by atoms with E-state index in [9.17, 15) is 9.59 Å². The van der Waals surface area contributed by atoms with Crippen molar-refractivity contribution in [1.82, 2.24) is 10.9 Å². The predicted octanol–water partition coefficient (Wildman–Crippen LogP) is 2.38. The van der Waals surface area contributed by atoms with Crippen LogP contribution < -0.4 is 15.6 Å². The number of rotatable bonds is 5. The van der Waals surface area contributed by atoms with E-state index in [2.05, 4.69) is 10.9 Å². The fraction of sp³-hybridized carbons (Fsp3) is 0.263. The van der Waals surface area contributed by atoms with E-state index in [1.54, 1.807) is 0 Å². The van der Waals surface area contributed by atoms with Gasteiger partial charge in [-0.15, -0.1) is 0 Å². The standard InChI is InChI=1S/C19H22N2O3/c1-13-8-6-10-17(15(13)3)24-12-19(23)21-20-18(22)11-16-9-5-4-7-14(16)2/h4-10H,11-12H2,1-3H3,(H,20,22)(H,21,23). The number of carbonyl (C=O) groups excluding carboxylic acids is 2. The number of hydrogen-bond acceptors (Lipinski definition) is 3. The second-order valence-electron chi connectivity index (χ2n) is 5.69. The summed E-state index contributed by atoms with van der Waals surface area (Å²) in [7, 11) is 0. The van der Waals surface area contributed by atoms with E-state index in [0.717, 1.165) is 22.3 Å². The molecule has 24 heavy (non-hydrogen) atoms. The van der Waals surface area contributed by atoms with Gasteiger partial charge >= 0.3 is 0 Å². The monoisotopic (exact) mass is 326 g/mol. The van der Waals surface area contributed by atoms with Crippen molar-refractivity contribution >= 4 is 11.8 Å². The van der Waals surface area contributed by atoms with Crippen LogP contribution in [0.2, 0.25) is 0 Å². The third-order valence-electron chi connectivity index (χ3n) is 3.87. The third-order valence-corrected chi connectivity index (χ3v) is 3.87. The fourth-order valence-electron chi connectivity index (χ4n) is 2.22. The molecule has 0 atom stereocenters. The van der Waals surface area contributed by atoms with Crippen molar-refractivity contribution in [1.29, 1.82) is 0 Å². The summed E-state index contributed by atoms with van der Waals surface area (Å²) in [5, 5.41) is 0. The van der Waals surface area contributed by atoms with Gasteiger partial charge in [-0.3, -0.25) is 20.4 Å². The molecule has 5 nitrogen and oxygen atoms in total. The highest BCUT2D eigenvalue weighted by atomic mass is 16.5. The second kappa shape index (κ2) is 8.15. The highest BCUT2D eigenvalue weighted by molar-refractivity contribution is 5.84. The summed E-state index contributed by atoms with van der Waals surface area (Å²) in [5.41, 5.74) is 8.82. The average molecular weight is 326 g/mol. The molecule has 0 unspecified atom stereocenters. The Hall–Kier alpha value is -2.82. The number of hydrazine groups is 1. The van der Waals surface area contributed by atoms with Gasteiger partial charge in [0, 0.05) is 0 Å². The van der Waals surface area contributed by atoms with Crippen LogP contribution in [0.3, 0.4) is 0 Å². The van der Waals surface area contributed by atoms with Crippen LogP contribution in [0.25, 0.3) is 0 Å². The van der Waals surface area contributed by atoms with Crippen LogP contribution >= 0.6 is 0 Å². The number of hydrogen-bond donors (Lipinski definition) is 2. The number of ether oxygens (including phenoxy) is 1. The normalized spacial score (nSPS) is 10.1. The van der Waals surface area contributed by atoms with Gasteiger partial charge in [0.25, 0.3) is 5.91 Å². The van der Waals surface area contributed by atoms with Crippen LogP contribution in [0.1, 0.15) is 22.3 Å². The van der Waals surface area contributed by atoms with Crippen LogP contribution in [0.4, 0.5) is 0 Å². The summed E-state index contributed by atoms with van der Waals surface area (Å²) in [4.78, 5) is 23.7. The van der Waals surface area contributed by atoms with Crippen molar-refractivity contribution in [3.8, 4) is 5.75 Å². The lowest BCUT2D eigenvalue weighted by molar-refractivity contribution is -0.129. The van der Waals surface area contributed by atoms with Crippen molar-refractivity contribution in [2.75, 3.05) is 6.61 Å². The number of benzene rings is 2. The highest BCUT2D eigenvalue weighted by Gasteiger charge is 2.09. The van der Waals surface area contributed by atoms with Gasteiger partial charge in [0.2, 0.25) is 5.91 Å². The first kappa shape index (κ1) is 17.5. The van der Waals surface area contributed by atoms with Crippen molar-refractivity contribution in [3.63, 3.8) is 0 Å². The van der Waals surface area contributed by atoms with E-state index in [1.807, 2.05) is 63.2 Å². The Bertz CT molecular complexity index is 741. The van der Waals surface area contributed by atoms with E-state index in [-0.39, 0.29) is 18.9 Å². The van der Waals surface area contributed by atoms with Gasteiger partial charge in [0.1, 0.15) is 5.75 Å². The topological polar surface area (TPSA) is 67.4 Å². The summed E-state index contributed by atoms with van der Waals surface area (Å²) in [6, 6.07) is 13.3. The van der Waals surface area contributed by atoms with Crippen molar-refractivity contribution in [3.05, 3.63) is 64.7 Å². The van der Waals surface area contributed by atoms with Gasteiger partial charge in [0.05, 0.1) is 6.42 Å². The second-order valence-corrected chi connectivity index (χ2v) is 5.69. The lowest BCUT2D eigenvalue weighted by Crippen LogP contribution is -2.44. The Kier molecular flexibility index (Phi) is 5.95. The Balaban J connectivity index is 1.78. The average Bonchev–Trinajstić information content (AvgIpc) is 2.56. The maximum absolute atomic E-state index is 11.9. The van der Waals surface area contributed by atoms with Gasteiger partial charge < -0.3 is 4.74 Å². The van der Waals surface area contributed by atoms with Gasteiger partial charge in [-0.1, -0.05) is 36.4 Å². The van der Waals surface area contributed by atoms with Crippen LogP contribution in [0, 0.1) is 20.8 Å². The first-order valence-electron chi connectivity index (χ1n) is 7.78. The Morgan fingerprint density at radius 1 is 0.875 bits per heavy atom. The Morgan fingerprint density at radius 3 is 2.29 bits per heavy atom. The molecule has 2 aromatic carbocycles. The van der Waals surface area contributed by atoms with E-state index in [1.165, 1.54) is 0 Å². The minimum Gasteiger partial charge on any atom is -0.483 e. The SMILES string of the molecule is Cc1ccccc1CC(=O)NNC(=O)COc1cccc(C)c1C. The van der Waals surface area contributed by atoms with Gasteiger partial charge in [0.15, 0.2) is 6.61 Å². The maximum atomic E-state index is 11.9. The van der Waals surface area contributed by atoms with Crippen LogP contribution in [0.15, 0.2) is 42.5 Å². The molecule has 0 saturated carbocycles. The van der Waals surface area contributed by atoms with Crippen molar-refractivity contribution in [2.45, 2.75) is 27.2 Å². The molecule has 2 amide bonds. The molecule has 0 radical (unpaired) electrons. The fourth-order valence-corrected chi connectivity index (χ4v) is 2.22.